The first-order valence-corrected chi connectivity index (χ1v) is 22.2. The number of furan rings is 1. The Hall–Kier alpha value is -8.80. The Morgan fingerprint density at radius 2 is 0.785 bits per heavy atom. The Morgan fingerprint density at radius 3 is 1.49 bits per heavy atom. The molecule has 0 saturated heterocycles. The van der Waals surface area contributed by atoms with Gasteiger partial charge in [-0.1, -0.05) is 115 Å². The molecular formula is C60H35N3O2. The molecule has 5 heteroatoms. The van der Waals surface area contributed by atoms with Gasteiger partial charge in [-0.15, -0.1) is 0 Å². The Labute approximate surface area is 371 Å². The van der Waals surface area contributed by atoms with Crippen LogP contribution >= 0.6 is 0 Å². The van der Waals surface area contributed by atoms with E-state index in [4.69, 9.17) is 9.15 Å². The zero-order valence-electron chi connectivity index (χ0n) is 34.9. The van der Waals surface area contributed by atoms with E-state index in [0.717, 1.165) is 72.7 Å². The van der Waals surface area contributed by atoms with Crippen molar-refractivity contribution in [3.05, 3.63) is 212 Å². The molecule has 4 aromatic heterocycles. The van der Waals surface area contributed by atoms with E-state index in [2.05, 4.69) is 214 Å². The minimum atomic E-state index is 0.858. The van der Waals surface area contributed by atoms with E-state index in [0.29, 0.717) is 0 Å². The zero-order valence-corrected chi connectivity index (χ0v) is 34.9. The van der Waals surface area contributed by atoms with Crippen LogP contribution in [0.1, 0.15) is 0 Å². The summed E-state index contributed by atoms with van der Waals surface area (Å²) >= 11 is 0. The third kappa shape index (κ3) is 4.87. The van der Waals surface area contributed by atoms with Gasteiger partial charge in [-0.2, -0.15) is 0 Å². The van der Waals surface area contributed by atoms with E-state index < -0.39 is 0 Å². The molecule has 0 saturated carbocycles. The highest BCUT2D eigenvalue weighted by Gasteiger charge is 2.24. The fourth-order valence-electron chi connectivity index (χ4n) is 10.9. The van der Waals surface area contributed by atoms with E-state index in [1.807, 2.05) is 12.1 Å². The fourth-order valence-corrected chi connectivity index (χ4v) is 10.9. The number of fused-ring (bicyclic) bond motifs is 14. The molecule has 1 aliphatic rings. The van der Waals surface area contributed by atoms with Crippen molar-refractivity contribution in [3.63, 3.8) is 0 Å². The van der Waals surface area contributed by atoms with Gasteiger partial charge in [0.1, 0.15) is 11.2 Å². The van der Waals surface area contributed by atoms with Crippen molar-refractivity contribution in [2.75, 3.05) is 0 Å². The van der Waals surface area contributed by atoms with Crippen LogP contribution in [-0.4, -0.2) is 13.7 Å². The lowest BCUT2D eigenvalue weighted by molar-refractivity contribution is 0.476. The van der Waals surface area contributed by atoms with Crippen LogP contribution in [0, 0.1) is 0 Å². The quantitative estimate of drug-likeness (QED) is 0.177. The van der Waals surface area contributed by atoms with Crippen LogP contribution in [-0.2, 0) is 0 Å². The zero-order chi connectivity index (χ0) is 42.3. The number of nitrogens with zero attached hydrogens (tertiary/aromatic N) is 3. The highest BCUT2D eigenvalue weighted by atomic mass is 16.5. The maximum Gasteiger partial charge on any atom is 0.152 e. The van der Waals surface area contributed by atoms with Gasteiger partial charge in [-0.05, 0) is 113 Å². The van der Waals surface area contributed by atoms with Crippen LogP contribution in [0.25, 0.3) is 127 Å². The predicted octanol–water partition coefficient (Wildman–Crippen LogP) is 16.3. The smallest absolute Gasteiger partial charge is 0.152 e. The molecule has 0 spiro atoms. The topological polar surface area (TPSA) is 37.2 Å². The van der Waals surface area contributed by atoms with E-state index in [1.165, 1.54) is 65.5 Å². The van der Waals surface area contributed by atoms with Gasteiger partial charge >= 0.3 is 0 Å². The van der Waals surface area contributed by atoms with Gasteiger partial charge in [0, 0.05) is 60.5 Å². The molecule has 0 fully saturated rings. The largest absolute Gasteiger partial charge is 0.456 e. The molecular weight excluding hydrogens is 795 g/mol. The molecule has 0 amide bonds. The molecule has 0 radical (unpaired) electrons. The molecule has 0 atom stereocenters. The Balaban J connectivity index is 0.805. The second-order valence-corrected chi connectivity index (χ2v) is 17.3. The van der Waals surface area contributed by atoms with Crippen molar-refractivity contribution in [2.45, 2.75) is 0 Å². The van der Waals surface area contributed by atoms with Crippen molar-refractivity contribution in [2.24, 2.45) is 0 Å². The molecule has 0 unspecified atom stereocenters. The number of hydrogen-bond donors (Lipinski definition) is 0. The summed E-state index contributed by atoms with van der Waals surface area (Å²) in [6.07, 6.45) is 0. The maximum atomic E-state index is 6.61. The molecule has 10 aromatic carbocycles. The van der Waals surface area contributed by atoms with Crippen LogP contribution in [0.15, 0.2) is 217 Å². The number of hydrogen-bond acceptors (Lipinski definition) is 2. The monoisotopic (exact) mass is 829 g/mol. The SMILES string of the molecule is c1ccc2c(c1)oc1cc(-n3c4ccccc4c4cc(-c5ccc6c(c5)c5ccccc5n6-c5ccc(-c6ccc7c(c6)Oc6cccc8c9ccccc9n-7c68)cc5)ccc43)ccc12. The van der Waals surface area contributed by atoms with E-state index >= 15 is 0 Å². The third-order valence-electron chi connectivity index (χ3n) is 13.8. The van der Waals surface area contributed by atoms with Gasteiger partial charge in [0.25, 0.3) is 0 Å². The van der Waals surface area contributed by atoms with Gasteiger partial charge in [0.15, 0.2) is 11.5 Å². The normalized spacial score (nSPS) is 12.4. The van der Waals surface area contributed by atoms with Crippen molar-refractivity contribution >= 4 is 87.4 Å². The number of benzene rings is 10. The summed E-state index contributed by atoms with van der Waals surface area (Å²) in [7, 11) is 0. The Kier molecular flexibility index (Phi) is 6.89. The summed E-state index contributed by atoms with van der Waals surface area (Å²) in [5.74, 6) is 1.74. The highest BCUT2D eigenvalue weighted by molar-refractivity contribution is 6.14. The number of ether oxygens (including phenoxy) is 1. The minimum Gasteiger partial charge on any atom is -0.456 e. The van der Waals surface area contributed by atoms with Crippen LogP contribution in [0.2, 0.25) is 0 Å². The van der Waals surface area contributed by atoms with Crippen molar-refractivity contribution in [1.82, 2.24) is 13.7 Å². The van der Waals surface area contributed by atoms with Crippen molar-refractivity contribution in [3.8, 4) is 50.8 Å². The Morgan fingerprint density at radius 1 is 0.277 bits per heavy atom. The van der Waals surface area contributed by atoms with Gasteiger partial charge in [-0.3, -0.25) is 0 Å². The molecule has 5 nitrogen and oxygen atoms in total. The summed E-state index contributed by atoms with van der Waals surface area (Å²) in [5, 5.41) is 9.61. The van der Waals surface area contributed by atoms with E-state index in [-0.39, 0.29) is 0 Å². The molecule has 14 aromatic rings. The summed E-state index contributed by atoms with van der Waals surface area (Å²) in [6, 6.07) is 76.6. The first-order valence-electron chi connectivity index (χ1n) is 22.2. The van der Waals surface area contributed by atoms with Crippen molar-refractivity contribution < 1.29 is 9.15 Å². The number of para-hydroxylation sites is 5. The van der Waals surface area contributed by atoms with E-state index in [1.54, 1.807) is 0 Å². The fraction of sp³-hybridized carbons (Fsp3) is 0. The number of aromatic nitrogens is 3. The summed E-state index contributed by atoms with van der Waals surface area (Å²) in [4.78, 5) is 0. The molecule has 5 heterocycles. The lowest BCUT2D eigenvalue weighted by Gasteiger charge is -2.21. The summed E-state index contributed by atoms with van der Waals surface area (Å²) in [6.45, 7) is 0. The van der Waals surface area contributed by atoms with Crippen LogP contribution < -0.4 is 4.74 Å². The average Bonchev–Trinajstić information content (AvgIpc) is 4.11. The number of rotatable bonds is 4. The minimum absolute atomic E-state index is 0.858. The first-order chi connectivity index (χ1) is 32.2. The second-order valence-electron chi connectivity index (χ2n) is 17.3. The average molecular weight is 830 g/mol. The highest BCUT2D eigenvalue weighted by Crippen LogP contribution is 2.47. The Bertz CT molecular complexity index is 4330. The third-order valence-corrected chi connectivity index (χ3v) is 13.8. The lowest BCUT2D eigenvalue weighted by atomic mass is 10.0. The van der Waals surface area contributed by atoms with Gasteiger partial charge in [-0.25, -0.2) is 0 Å². The van der Waals surface area contributed by atoms with Crippen molar-refractivity contribution in [1.29, 1.82) is 0 Å². The van der Waals surface area contributed by atoms with Crippen LogP contribution in [0.4, 0.5) is 0 Å². The first kappa shape index (κ1) is 34.7. The molecule has 65 heavy (non-hydrogen) atoms. The summed E-state index contributed by atoms with van der Waals surface area (Å²) < 4.78 is 20.1. The molecule has 1 aliphatic heterocycles. The molecule has 15 rings (SSSR count). The lowest BCUT2D eigenvalue weighted by Crippen LogP contribution is -2.04. The summed E-state index contributed by atoms with van der Waals surface area (Å²) in [5.41, 5.74) is 16.7. The van der Waals surface area contributed by atoms with Gasteiger partial charge < -0.3 is 22.9 Å². The van der Waals surface area contributed by atoms with Crippen LogP contribution in [0.3, 0.4) is 0 Å². The second kappa shape index (κ2) is 12.9. The predicted molar refractivity (Wildman–Crippen MR) is 268 cm³/mol. The standard InChI is InChI=1S/C60H35N3O2/c1-7-17-52-42(10-1)47-14-9-19-57-60(47)63(52)55-31-24-39(34-59(55)65-57)36-20-25-40(26-21-36)61-50-15-5-2-11-43(50)48-32-37(22-29-53(48)61)38-23-30-54-49(33-38)44-12-3-6-16-51(44)62(54)41-27-28-46-45-13-4-8-18-56(45)64-58(46)35-41/h1-35H. The molecule has 0 N–H and O–H groups in total. The molecule has 302 valence electrons. The van der Waals surface area contributed by atoms with Gasteiger partial charge in [0.05, 0.1) is 38.8 Å². The molecule has 0 bridgehead atoms. The van der Waals surface area contributed by atoms with E-state index in [9.17, 15) is 0 Å². The van der Waals surface area contributed by atoms with Gasteiger partial charge in [0.2, 0.25) is 0 Å². The molecule has 0 aliphatic carbocycles. The van der Waals surface area contributed by atoms with Crippen LogP contribution in [0.5, 0.6) is 11.5 Å². The maximum absolute atomic E-state index is 6.61.